The fourth-order valence-electron chi connectivity index (χ4n) is 3.50. The number of carbonyl (C=O) groups is 1. The number of amides is 1. The summed E-state index contributed by atoms with van der Waals surface area (Å²) >= 11 is 0. The molecule has 4 heteroatoms. The number of nitriles is 1. The molecule has 0 N–H and O–H groups in total. The van der Waals surface area contributed by atoms with E-state index in [4.69, 9.17) is 5.26 Å². The van der Waals surface area contributed by atoms with Gasteiger partial charge in [-0.1, -0.05) is 29.8 Å². The number of carbonyl (C=O) groups excluding carboxylic acids is 1. The second-order valence-electron chi connectivity index (χ2n) is 7.31. The monoisotopic (exact) mass is 371 g/mol. The van der Waals surface area contributed by atoms with Crippen molar-refractivity contribution in [2.75, 3.05) is 7.05 Å². The molecule has 3 rings (SSSR count). The molecule has 3 aromatic rings. The van der Waals surface area contributed by atoms with Crippen molar-refractivity contribution in [2.45, 2.75) is 33.7 Å². The SMILES string of the molecule is Cc1ccc(-n2c(C)cc(CC(=O)N(C)Cc3cccc(C#N)c3)c2C)cc1. The molecular formula is C24H25N3O. The molecule has 0 fully saturated rings. The molecule has 0 atom stereocenters. The summed E-state index contributed by atoms with van der Waals surface area (Å²) in [5.41, 5.74) is 7.16. The van der Waals surface area contributed by atoms with Crippen molar-refractivity contribution >= 4 is 5.91 Å². The maximum atomic E-state index is 12.8. The van der Waals surface area contributed by atoms with Crippen LogP contribution in [0.5, 0.6) is 0 Å². The molecule has 1 amide bonds. The standard InChI is InChI=1S/C24H25N3O/c1-17-8-10-23(11-9-17)27-18(2)12-22(19(27)3)14-24(28)26(4)16-21-7-5-6-20(13-21)15-25/h5-13H,14,16H2,1-4H3. The van der Waals surface area contributed by atoms with Crippen molar-refractivity contribution in [1.82, 2.24) is 9.47 Å². The van der Waals surface area contributed by atoms with Gasteiger partial charge in [0, 0.05) is 30.7 Å². The molecule has 0 aliphatic rings. The van der Waals surface area contributed by atoms with Gasteiger partial charge in [-0.05, 0) is 62.2 Å². The second kappa shape index (κ2) is 8.14. The summed E-state index contributed by atoms with van der Waals surface area (Å²) in [6, 6.07) is 20.0. The van der Waals surface area contributed by atoms with Gasteiger partial charge in [-0.15, -0.1) is 0 Å². The van der Waals surface area contributed by atoms with Crippen molar-refractivity contribution < 1.29 is 4.79 Å². The van der Waals surface area contributed by atoms with Crippen molar-refractivity contribution in [3.63, 3.8) is 0 Å². The van der Waals surface area contributed by atoms with Gasteiger partial charge < -0.3 is 9.47 Å². The van der Waals surface area contributed by atoms with E-state index in [-0.39, 0.29) is 5.91 Å². The predicted molar refractivity (Wildman–Crippen MR) is 111 cm³/mol. The first-order valence-electron chi connectivity index (χ1n) is 9.37. The number of rotatable bonds is 5. The van der Waals surface area contributed by atoms with Gasteiger partial charge in [0.2, 0.25) is 5.91 Å². The van der Waals surface area contributed by atoms with Gasteiger partial charge in [0.25, 0.3) is 0 Å². The third kappa shape index (κ3) is 4.15. The Morgan fingerprint density at radius 1 is 1.07 bits per heavy atom. The second-order valence-corrected chi connectivity index (χ2v) is 7.31. The highest BCUT2D eigenvalue weighted by atomic mass is 16.2. The van der Waals surface area contributed by atoms with Crippen LogP contribution in [0.1, 0.15) is 33.6 Å². The number of benzene rings is 2. The summed E-state index contributed by atoms with van der Waals surface area (Å²) in [6.07, 6.45) is 0.361. The Kier molecular flexibility index (Phi) is 5.65. The van der Waals surface area contributed by atoms with E-state index < -0.39 is 0 Å². The summed E-state index contributed by atoms with van der Waals surface area (Å²) in [5, 5.41) is 9.04. The highest BCUT2D eigenvalue weighted by molar-refractivity contribution is 5.79. The lowest BCUT2D eigenvalue weighted by molar-refractivity contribution is -0.129. The van der Waals surface area contributed by atoms with Crippen LogP contribution in [0.2, 0.25) is 0 Å². The van der Waals surface area contributed by atoms with E-state index in [1.54, 1.807) is 18.0 Å². The summed E-state index contributed by atoms with van der Waals surface area (Å²) in [5.74, 6) is 0.0616. The zero-order chi connectivity index (χ0) is 20.3. The van der Waals surface area contributed by atoms with Gasteiger partial charge in [-0.2, -0.15) is 5.26 Å². The Balaban J connectivity index is 1.76. The van der Waals surface area contributed by atoms with E-state index in [1.807, 2.05) is 18.2 Å². The van der Waals surface area contributed by atoms with Crippen LogP contribution < -0.4 is 0 Å². The molecule has 0 saturated heterocycles. The molecule has 4 nitrogen and oxygen atoms in total. The minimum Gasteiger partial charge on any atom is -0.341 e. The average molecular weight is 371 g/mol. The quantitative estimate of drug-likeness (QED) is 0.664. The summed E-state index contributed by atoms with van der Waals surface area (Å²) < 4.78 is 2.19. The van der Waals surface area contributed by atoms with Gasteiger partial charge in [0.1, 0.15) is 0 Å². The van der Waals surface area contributed by atoms with E-state index in [2.05, 4.69) is 61.7 Å². The van der Waals surface area contributed by atoms with Crippen molar-refractivity contribution in [2.24, 2.45) is 0 Å². The maximum Gasteiger partial charge on any atom is 0.227 e. The van der Waals surface area contributed by atoms with Crippen molar-refractivity contribution in [3.8, 4) is 11.8 Å². The number of aromatic nitrogens is 1. The zero-order valence-electron chi connectivity index (χ0n) is 16.9. The van der Waals surface area contributed by atoms with Crippen LogP contribution in [0.3, 0.4) is 0 Å². The van der Waals surface area contributed by atoms with Crippen LogP contribution in [0.25, 0.3) is 5.69 Å². The topological polar surface area (TPSA) is 49.0 Å². The lowest BCUT2D eigenvalue weighted by atomic mass is 10.1. The van der Waals surface area contributed by atoms with Crippen LogP contribution in [-0.2, 0) is 17.8 Å². The van der Waals surface area contributed by atoms with E-state index in [0.717, 1.165) is 28.2 Å². The average Bonchev–Trinajstić information content (AvgIpc) is 2.96. The van der Waals surface area contributed by atoms with Gasteiger partial charge >= 0.3 is 0 Å². The molecule has 0 spiro atoms. The third-order valence-corrected chi connectivity index (χ3v) is 5.07. The first kappa shape index (κ1) is 19.4. The molecule has 28 heavy (non-hydrogen) atoms. The number of likely N-dealkylation sites (N-methyl/N-ethyl adjacent to an activating group) is 1. The fraction of sp³-hybridized carbons (Fsp3) is 0.250. The number of nitrogens with zero attached hydrogens (tertiary/aromatic N) is 3. The van der Waals surface area contributed by atoms with Gasteiger partial charge in [0.15, 0.2) is 0 Å². The molecule has 0 radical (unpaired) electrons. The summed E-state index contributed by atoms with van der Waals surface area (Å²) in [6.45, 7) is 6.69. The molecule has 0 bridgehead atoms. The third-order valence-electron chi connectivity index (χ3n) is 5.07. The fourth-order valence-corrected chi connectivity index (χ4v) is 3.50. The van der Waals surface area contributed by atoms with Crippen molar-refractivity contribution in [1.29, 1.82) is 5.26 Å². The number of hydrogen-bond acceptors (Lipinski definition) is 2. The van der Waals surface area contributed by atoms with Crippen LogP contribution >= 0.6 is 0 Å². The Morgan fingerprint density at radius 3 is 2.46 bits per heavy atom. The zero-order valence-corrected chi connectivity index (χ0v) is 16.9. The lowest BCUT2D eigenvalue weighted by Gasteiger charge is -2.17. The molecule has 0 unspecified atom stereocenters. The molecule has 1 aromatic heterocycles. The highest BCUT2D eigenvalue weighted by Crippen LogP contribution is 2.22. The van der Waals surface area contributed by atoms with E-state index in [0.29, 0.717) is 18.5 Å². The smallest absolute Gasteiger partial charge is 0.227 e. The largest absolute Gasteiger partial charge is 0.341 e. The summed E-state index contributed by atoms with van der Waals surface area (Å²) in [4.78, 5) is 14.5. The highest BCUT2D eigenvalue weighted by Gasteiger charge is 2.16. The minimum atomic E-state index is 0.0616. The normalized spacial score (nSPS) is 10.5. The number of hydrogen-bond donors (Lipinski definition) is 0. The van der Waals surface area contributed by atoms with E-state index >= 15 is 0 Å². The minimum absolute atomic E-state index is 0.0616. The van der Waals surface area contributed by atoms with Gasteiger partial charge in [-0.3, -0.25) is 4.79 Å². The Bertz CT molecular complexity index is 1040. The van der Waals surface area contributed by atoms with Crippen LogP contribution in [0, 0.1) is 32.1 Å². The molecule has 1 heterocycles. The van der Waals surface area contributed by atoms with E-state index in [1.165, 1.54) is 5.56 Å². The number of aryl methyl sites for hydroxylation is 2. The van der Waals surface area contributed by atoms with Crippen molar-refractivity contribution in [3.05, 3.63) is 88.2 Å². The van der Waals surface area contributed by atoms with Gasteiger partial charge in [-0.25, -0.2) is 0 Å². The molecule has 142 valence electrons. The predicted octanol–water partition coefficient (Wildman–Crippen LogP) is 4.48. The Labute approximate surface area is 166 Å². The first-order chi connectivity index (χ1) is 13.4. The lowest BCUT2D eigenvalue weighted by Crippen LogP contribution is -2.27. The molecule has 0 saturated carbocycles. The maximum absolute atomic E-state index is 12.8. The molecule has 0 aliphatic heterocycles. The molecular weight excluding hydrogens is 346 g/mol. The summed E-state index contributed by atoms with van der Waals surface area (Å²) in [7, 11) is 1.81. The Morgan fingerprint density at radius 2 is 1.79 bits per heavy atom. The van der Waals surface area contributed by atoms with Crippen LogP contribution in [-0.4, -0.2) is 22.4 Å². The molecule has 2 aromatic carbocycles. The Hall–Kier alpha value is -3.32. The van der Waals surface area contributed by atoms with E-state index in [9.17, 15) is 4.79 Å². The molecule has 0 aliphatic carbocycles. The van der Waals surface area contributed by atoms with Crippen LogP contribution in [0.4, 0.5) is 0 Å². The first-order valence-corrected chi connectivity index (χ1v) is 9.37. The van der Waals surface area contributed by atoms with Gasteiger partial charge in [0.05, 0.1) is 18.1 Å². The van der Waals surface area contributed by atoms with Crippen LogP contribution in [0.15, 0.2) is 54.6 Å².